The van der Waals surface area contributed by atoms with Crippen LogP contribution >= 0.6 is 11.3 Å². The molecule has 0 radical (unpaired) electrons. The smallest absolute Gasteiger partial charge is 0.238 e. The standard InChI is InChI=1S/C13H18N4O2S2/c1-7-13(20-9(3)16-7)8(2)17-11-4-10(14)5-12(6-11)21(15,18)19/h4-6,8,17H,14H2,1-3H3,(H2,15,18,19). The Kier molecular flexibility index (Phi) is 4.22. The van der Waals surface area contributed by atoms with Crippen LogP contribution in [-0.4, -0.2) is 13.4 Å². The fourth-order valence-corrected chi connectivity index (χ4v) is 3.66. The van der Waals surface area contributed by atoms with E-state index in [4.69, 9.17) is 10.9 Å². The lowest BCUT2D eigenvalue weighted by Gasteiger charge is -2.15. The Morgan fingerprint density at radius 2 is 1.95 bits per heavy atom. The van der Waals surface area contributed by atoms with Crippen LogP contribution in [0.4, 0.5) is 11.4 Å². The number of primary sulfonamides is 1. The number of hydrogen-bond acceptors (Lipinski definition) is 6. The minimum Gasteiger partial charge on any atom is -0.399 e. The maximum Gasteiger partial charge on any atom is 0.238 e. The van der Waals surface area contributed by atoms with Gasteiger partial charge in [-0.25, -0.2) is 18.5 Å². The summed E-state index contributed by atoms with van der Waals surface area (Å²) >= 11 is 1.61. The number of hydrogen-bond donors (Lipinski definition) is 3. The van der Waals surface area contributed by atoms with E-state index in [1.807, 2.05) is 20.8 Å². The van der Waals surface area contributed by atoms with E-state index in [2.05, 4.69) is 10.3 Å². The lowest BCUT2D eigenvalue weighted by Crippen LogP contribution is -2.14. The molecule has 0 spiro atoms. The number of nitrogen functional groups attached to an aromatic ring is 1. The zero-order valence-corrected chi connectivity index (χ0v) is 13.7. The van der Waals surface area contributed by atoms with Gasteiger partial charge in [-0.15, -0.1) is 11.3 Å². The zero-order valence-electron chi connectivity index (χ0n) is 12.0. The number of anilines is 2. The molecule has 21 heavy (non-hydrogen) atoms. The van der Waals surface area contributed by atoms with Crippen molar-refractivity contribution in [3.63, 3.8) is 0 Å². The molecular formula is C13H18N4O2S2. The van der Waals surface area contributed by atoms with Crippen molar-refractivity contribution in [3.8, 4) is 0 Å². The van der Waals surface area contributed by atoms with Crippen molar-refractivity contribution in [2.45, 2.75) is 31.7 Å². The van der Waals surface area contributed by atoms with Gasteiger partial charge in [0.05, 0.1) is 21.6 Å². The molecule has 0 aliphatic rings. The fourth-order valence-electron chi connectivity index (χ4n) is 2.13. The average molecular weight is 326 g/mol. The summed E-state index contributed by atoms with van der Waals surface area (Å²) in [5.74, 6) is 0. The van der Waals surface area contributed by atoms with Crippen molar-refractivity contribution in [3.05, 3.63) is 33.8 Å². The minimum atomic E-state index is -3.78. The second-order valence-electron chi connectivity index (χ2n) is 4.88. The number of rotatable bonds is 4. The van der Waals surface area contributed by atoms with Crippen molar-refractivity contribution in [2.24, 2.45) is 5.14 Å². The Morgan fingerprint density at radius 3 is 2.48 bits per heavy atom. The first-order chi connectivity index (χ1) is 9.66. The Morgan fingerprint density at radius 1 is 1.29 bits per heavy atom. The summed E-state index contributed by atoms with van der Waals surface area (Å²) in [5, 5.41) is 9.38. The van der Waals surface area contributed by atoms with Crippen LogP contribution in [0.3, 0.4) is 0 Å². The molecule has 1 aromatic heterocycles. The Hall–Kier alpha value is -1.64. The van der Waals surface area contributed by atoms with Gasteiger partial charge in [0.2, 0.25) is 10.0 Å². The van der Waals surface area contributed by atoms with Crippen LogP contribution in [0.5, 0.6) is 0 Å². The highest BCUT2D eigenvalue weighted by Gasteiger charge is 2.15. The van der Waals surface area contributed by atoms with Gasteiger partial charge in [-0.05, 0) is 39.0 Å². The molecule has 2 aromatic rings. The summed E-state index contributed by atoms with van der Waals surface area (Å²) in [6, 6.07) is 4.49. The topological polar surface area (TPSA) is 111 Å². The molecule has 1 aromatic carbocycles. The summed E-state index contributed by atoms with van der Waals surface area (Å²) < 4.78 is 22.9. The van der Waals surface area contributed by atoms with E-state index in [9.17, 15) is 8.42 Å². The van der Waals surface area contributed by atoms with Crippen molar-refractivity contribution >= 4 is 32.7 Å². The van der Waals surface area contributed by atoms with Gasteiger partial charge in [-0.3, -0.25) is 0 Å². The third-order valence-corrected chi connectivity index (χ3v) is 5.12. The van der Waals surface area contributed by atoms with Crippen LogP contribution in [0.25, 0.3) is 0 Å². The number of aromatic nitrogens is 1. The predicted molar refractivity (Wildman–Crippen MR) is 85.9 cm³/mol. The van der Waals surface area contributed by atoms with Crippen LogP contribution < -0.4 is 16.2 Å². The van der Waals surface area contributed by atoms with Gasteiger partial charge < -0.3 is 11.1 Å². The number of nitrogens with zero attached hydrogens (tertiary/aromatic N) is 1. The highest BCUT2D eigenvalue weighted by atomic mass is 32.2. The summed E-state index contributed by atoms with van der Waals surface area (Å²) in [4.78, 5) is 5.48. The SMILES string of the molecule is Cc1nc(C)c(C(C)Nc2cc(N)cc(S(N)(=O)=O)c2)s1. The molecule has 5 N–H and O–H groups in total. The number of thiazole rings is 1. The molecule has 0 amide bonds. The van der Waals surface area contributed by atoms with Crippen LogP contribution in [0.15, 0.2) is 23.1 Å². The molecule has 0 fully saturated rings. The quantitative estimate of drug-likeness (QED) is 0.746. The number of benzene rings is 1. The van der Waals surface area contributed by atoms with Gasteiger partial charge in [0.1, 0.15) is 0 Å². The number of aryl methyl sites for hydroxylation is 2. The molecule has 2 rings (SSSR count). The molecule has 1 unspecified atom stereocenters. The van der Waals surface area contributed by atoms with E-state index < -0.39 is 10.0 Å². The van der Waals surface area contributed by atoms with Gasteiger partial charge in [-0.1, -0.05) is 0 Å². The molecule has 0 saturated carbocycles. The van der Waals surface area contributed by atoms with Crippen molar-refractivity contribution < 1.29 is 8.42 Å². The highest BCUT2D eigenvalue weighted by Crippen LogP contribution is 2.29. The average Bonchev–Trinajstić information content (AvgIpc) is 2.66. The van der Waals surface area contributed by atoms with Crippen LogP contribution in [0, 0.1) is 13.8 Å². The number of nitrogens with two attached hydrogens (primary N) is 2. The molecule has 0 aliphatic carbocycles. The lowest BCUT2D eigenvalue weighted by molar-refractivity contribution is 0.598. The van der Waals surface area contributed by atoms with Gasteiger partial charge in [0, 0.05) is 16.3 Å². The van der Waals surface area contributed by atoms with Crippen molar-refractivity contribution in [1.82, 2.24) is 4.98 Å². The Balaban J connectivity index is 2.31. The summed E-state index contributed by atoms with van der Waals surface area (Å²) in [6.45, 7) is 5.89. The largest absolute Gasteiger partial charge is 0.399 e. The third kappa shape index (κ3) is 3.72. The van der Waals surface area contributed by atoms with Gasteiger partial charge in [0.25, 0.3) is 0 Å². The minimum absolute atomic E-state index is 0.00518. The van der Waals surface area contributed by atoms with Gasteiger partial charge in [-0.2, -0.15) is 0 Å². The first-order valence-corrected chi connectivity index (χ1v) is 8.67. The molecule has 1 heterocycles. The van der Waals surface area contributed by atoms with E-state index >= 15 is 0 Å². The second-order valence-corrected chi connectivity index (χ2v) is 7.68. The zero-order chi connectivity index (χ0) is 15.8. The molecule has 0 saturated heterocycles. The summed E-state index contributed by atoms with van der Waals surface area (Å²) in [6.07, 6.45) is 0. The molecular weight excluding hydrogens is 308 g/mol. The number of nitrogens with one attached hydrogen (secondary N) is 1. The van der Waals surface area contributed by atoms with E-state index in [1.54, 1.807) is 17.4 Å². The maximum absolute atomic E-state index is 11.4. The van der Waals surface area contributed by atoms with Gasteiger partial charge >= 0.3 is 0 Å². The van der Waals surface area contributed by atoms with E-state index in [0.717, 1.165) is 15.6 Å². The first-order valence-electron chi connectivity index (χ1n) is 6.30. The number of sulfonamides is 1. The first kappa shape index (κ1) is 15.7. The van der Waals surface area contributed by atoms with E-state index in [-0.39, 0.29) is 10.9 Å². The fraction of sp³-hybridized carbons (Fsp3) is 0.308. The molecule has 1 atom stereocenters. The van der Waals surface area contributed by atoms with Crippen LogP contribution in [0.1, 0.15) is 28.5 Å². The molecule has 0 bridgehead atoms. The van der Waals surface area contributed by atoms with Crippen LogP contribution in [-0.2, 0) is 10.0 Å². The maximum atomic E-state index is 11.4. The Labute approximate surface area is 128 Å². The normalized spacial score (nSPS) is 13.1. The van der Waals surface area contributed by atoms with Crippen molar-refractivity contribution in [2.75, 3.05) is 11.1 Å². The second kappa shape index (κ2) is 5.63. The summed E-state index contributed by atoms with van der Waals surface area (Å²) in [5.41, 5.74) is 7.65. The predicted octanol–water partition coefficient (Wildman–Crippen LogP) is 2.16. The molecule has 114 valence electrons. The van der Waals surface area contributed by atoms with E-state index in [1.165, 1.54) is 12.1 Å². The lowest BCUT2D eigenvalue weighted by atomic mass is 10.2. The molecule has 0 aliphatic heterocycles. The molecule has 8 heteroatoms. The van der Waals surface area contributed by atoms with Crippen LogP contribution in [0.2, 0.25) is 0 Å². The van der Waals surface area contributed by atoms with Gasteiger partial charge in [0.15, 0.2) is 0 Å². The molecule has 6 nitrogen and oxygen atoms in total. The van der Waals surface area contributed by atoms with Crippen molar-refractivity contribution in [1.29, 1.82) is 0 Å². The Bertz CT molecular complexity index is 768. The highest BCUT2D eigenvalue weighted by molar-refractivity contribution is 7.89. The van der Waals surface area contributed by atoms with E-state index in [0.29, 0.717) is 11.4 Å². The summed E-state index contributed by atoms with van der Waals surface area (Å²) in [7, 11) is -3.78. The third-order valence-electron chi connectivity index (χ3n) is 2.97. The monoisotopic (exact) mass is 326 g/mol.